The van der Waals surface area contributed by atoms with E-state index in [0.717, 1.165) is 29.4 Å². The maximum atomic E-state index is 4.73. The Balaban J connectivity index is 1.90. The van der Waals surface area contributed by atoms with Crippen LogP contribution in [-0.4, -0.2) is 19.6 Å². The molecule has 0 amide bonds. The molecule has 0 spiro atoms. The summed E-state index contributed by atoms with van der Waals surface area (Å²) < 4.78 is 3.99. The maximum Gasteiger partial charge on any atom is 0.133 e. The van der Waals surface area contributed by atoms with Crippen molar-refractivity contribution < 1.29 is 0 Å². The number of rotatable bonds is 7. The van der Waals surface area contributed by atoms with E-state index in [2.05, 4.69) is 28.7 Å². The summed E-state index contributed by atoms with van der Waals surface area (Å²) >= 11 is 0. The Morgan fingerprint density at radius 3 is 2.80 bits per heavy atom. The van der Waals surface area contributed by atoms with Crippen LogP contribution >= 0.6 is 0 Å². The zero-order chi connectivity index (χ0) is 17.5. The summed E-state index contributed by atoms with van der Waals surface area (Å²) in [6, 6.07) is 14.1. The quantitative estimate of drug-likeness (QED) is 0.652. The van der Waals surface area contributed by atoms with Gasteiger partial charge in [-0.3, -0.25) is 0 Å². The van der Waals surface area contributed by atoms with Crippen LogP contribution in [0, 0.1) is 0 Å². The van der Waals surface area contributed by atoms with Gasteiger partial charge in [0.05, 0.1) is 5.52 Å². The summed E-state index contributed by atoms with van der Waals surface area (Å²) in [6.07, 6.45) is 8.65. The van der Waals surface area contributed by atoms with Gasteiger partial charge in [-0.25, -0.2) is 9.67 Å². The molecule has 2 aromatic heterocycles. The average Bonchev–Trinajstić information content (AvgIpc) is 3.06. The molecule has 130 valence electrons. The van der Waals surface area contributed by atoms with Crippen molar-refractivity contribution in [3.63, 3.8) is 0 Å². The summed E-state index contributed by atoms with van der Waals surface area (Å²) in [5.74, 6) is 0. The van der Waals surface area contributed by atoms with E-state index < -0.39 is 0 Å². The van der Waals surface area contributed by atoms with E-state index in [-0.39, 0.29) is 0 Å². The topological polar surface area (TPSA) is 48.0 Å². The zero-order valence-corrected chi connectivity index (χ0v) is 15.0. The number of benzene rings is 1. The minimum absolute atomic E-state index is 0.588. The third-order valence-corrected chi connectivity index (χ3v) is 4.31. The third kappa shape index (κ3) is 4.24. The molecule has 3 aromatic rings. The second kappa shape index (κ2) is 8.42. The Kier molecular flexibility index (Phi) is 5.77. The van der Waals surface area contributed by atoms with E-state index in [1.54, 1.807) is 0 Å². The van der Waals surface area contributed by atoms with Crippen LogP contribution in [-0.2, 0) is 6.67 Å². The van der Waals surface area contributed by atoms with Gasteiger partial charge in [0, 0.05) is 12.4 Å². The first-order valence-electron chi connectivity index (χ1n) is 8.97. The third-order valence-electron chi connectivity index (χ3n) is 4.31. The SMILES string of the molecule is CCCCC(=CN=c1ccccn1Cn1nnc2ccccc21)CC. The molecule has 0 saturated heterocycles. The first-order chi connectivity index (χ1) is 12.3. The van der Waals surface area contributed by atoms with Crippen LogP contribution in [0.5, 0.6) is 0 Å². The van der Waals surface area contributed by atoms with Gasteiger partial charge >= 0.3 is 0 Å². The van der Waals surface area contributed by atoms with Crippen molar-refractivity contribution in [3.05, 3.63) is 65.9 Å². The van der Waals surface area contributed by atoms with Gasteiger partial charge in [0.25, 0.3) is 0 Å². The van der Waals surface area contributed by atoms with E-state index in [4.69, 9.17) is 4.99 Å². The Hall–Kier alpha value is -2.69. The molecular formula is C20H25N5. The standard InChI is InChI=1S/C20H25N5/c1-3-5-10-17(4-2)15-21-20-13-8-9-14-24(20)16-25-19-12-7-6-11-18(19)22-23-25/h6-9,11-15H,3-5,10,16H2,1-2H3. The van der Waals surface area contributed by atoms with E-state index >= 15 is 0 Å². The number of unbranched alkanes of at least 4 members (excludes halogenated alkanes) is 1. The van der Waals surface area contributed by atoms with Gasteiger partial charge in [-0.2, -0.15) is 0 Å². The minimum Gasteiger partial charge on any atom is -0.313 e. The largest absolute Gasteiger partial charge is 0.313 e. The molecule has 3 rings (SSSR count). The lowest BCUT2D eigenvalue weighted by molar-refractivity contribution is 0.527. The van der Waals surface area contributed by atoms with Crippen molar-refractivity contribution in [1.29, 1.82) is 0 Å². The predicted molar refractivity (Wildman–Crippen MR) is 101 cm³/mol. The van der Waals surface area contributed by atoms with Gasteiger partial charge < -0.3 is 4.57 Å². The fourth-order valence-corrected chi connectivity index (χ4v) is 2.76. The molecule has 0 radical (unpaired) electrons. The van der Waals surface area contributed by atoms with Gasteiger partial charge in [0.2, 0.25) is 0 Å². The number of allylic oxidation sites excluding steroid dienone is 1. The van der Waals surface area contributed by atoms with Gasteiger partial charge in [0.15, 0.2) is 0 Å². The number of aromatic nitrogens is 4. The normalized spacial score (nSPS) is 12.9. The van der Waals surface area contributed by atoms with Crippen LogP contribution < -0.4 is 5.49 Å². The summed E-state index contributed by atoms with van der Waals surface area (Å²) in [5, 5.41) is 8.50. The lowest BCUT2D eigenvalue weighted by Gasteiger charge is -2.08. The molecule has 0 aliphatic heterocycles. The Morgan fingerprint density at radius 2 is 1.96 bits per heavy atom. The fraction of sp³-hybridized carbons (Fsp3) is 0.350. The second-order valence-corrected chi connectivity index (χ2v) is 6.12. The lowest BCUT2D eigenvalue weighted by atomic mass is 10.1. The molecule has 2 heterocycles. The van der Waals surface area contributed by atoms with E-state index in [1.807, 2.05) is 59.5 Å². The molecule has 0 bridgehead atoms. The van der Waals surface area contributed by atoms with Gasteiger partial charge in [0.1, 0.15) is 17.7 Å². The smallest absolute Gasteiger partial charge is 0.133 e. The summed E-state index contributed by atoms with van der Waals surface area (Å²) in [7, 11) is 0. The van der Waals surface area contributed by atoms with Crippen molar-refractivity contribution in [2.75, 3.05) is 0 Å². The molecule has 0 unspecified atom stereocenters. The fourth-order valence-electron chi connectivity index (χ4n) is 2.76. The molecule has 5 heteroatoms. The molecule has 1 aromatic carbocycles. The number of para-hydroxylation sites is 1. The van der Waals surface area contributed by atoms with Gasteiger partial charge in [-0.15, -0.1) is 5.10 Å². The molecule has 5 nitrogen and oxygen atoms in total. The summed E-state index contributed by atoms with van der Waals surface area (Å²) in [4.78, 5) is 4.73. The van der Waals surface area contributed by atoms with E-state index in [9.17, 15) is 0 Å². The van der Waals surface area contributed by atoms with Crippen LogP contribution in [0.4, 0.5) is 0 Å². The van der Waals surface area contributed by atoms with Crippen LogP contribution in [0.1, 0.15) is 39.5 Å². The molecule has 0 aliphatic rings. The highest BCUT2D eigenvalue weighted by atomic mass is 15.5. The zero-order valence-electron chi connectivity index (χ0n) is 15.0. The van der Waals surface area contributed by atoms with Crippen LogP contribution in [0.2, 0.25) is 0 Å². The Morgan fingerprint density at radius 1 is 1.12 bits per heavy atom. The number of fused-ring (bicyclic) bond motifs is 1. The van der Waals surface area contributed by atoms with E-state index in [0.29, 0.717) is 6.67 Å². The van der Waals surface area contributed by atoms with Crippen molar-refractivity contribution in [3.8, 4) is 0 Å². The first kappa shape index (κ1) is 17.1. The Bertz CT molecular complexity index is 917. The summed E-state index contributed by atoms with van der Waals surface area (Å²) in [5.41, 5.74) is 4.25. The molecule has 0 N–H and O–H groups in total. The highest BCUT2D eigenvalue weighted by Gasteiger charge is 2.03. The minimum atomic E-state index is 0.588. The maximum absolute atomic E-state index is 4.73. The van der Waals surface area contributed by atoms with Gasteiger partial charge in [-0.1, -0.05) is 49.3 Å². The highest BCUT2D eigenvalue weighted by Crippen LogP contribution is 2.11. The molecule has 0 fully saturated rings. The number of nitrogens with zero attached hydrogens (tertiary/aromatic N) is 5. The van der Waals surface area contributed by atoms with Crippen LogP contribution in [0.25, 0.3) is 11.0 Å². The van der Waals surface area contributed by atoms with Crippen molar-refractivity contribution >= 4 is 11.0 Å². The molecule has 0 atom stereocenters. The molecule has 25 heavy (non-hydrogen) atoms. The predicted octanol–water partition coefficient (Wildman–Crippen LogP) is 4.12. The highest BCUT2D eigenvalue weighted by molar-refractivity contribution is 5.73. The second-order valence-electron chi connectivity index (χ2n) is 6.12. The first-order valence-corrected chi connectivity index (χ1v) is 8.97. The average molecular weight is 335 g/mol. The number of hydrogen-bond donors (Lipinski definition) is 0. The number of hydrogen-bond acceptors (Lipinski definition) is 3. The van der Waals surface area contributed by atoms with E-state index in [1.165, 1.54) is 18.4 Å². The van der Waals surface area contributed by atoms with Gasteiger partial charge in [-0.05, 0) is 43.5 Å². The molecule has 0 saturated carbocycles. The lowest BCUT2D eigenvalue weighted by Crippen LogP contribution is -2.23. The van der Waals surface area contributed by atoms with Crippen molar-refractivity contribution in [1.82, 2.24) is 19.6 Å². The Labute approximate surface area is 148 Å². The van der Waals surface area contributed by atoms with Crippen LogP contribution in [0.3, 0.4) is 0 Å². The van der Waals surface area contributed by atoms with Crippen molar-refractivity contribution in [2.45, 2.75) is 46.2 Å². The summed E-state index contributed by atoms with van der Waals surface area (Å²) in [6.45, 7) is 5.00. The molecule has 0 aliphatic carbocycles. The van der Waals surface area contributed by atoms with Crippen molar-refractivity contribution in [2.24, 2.45) is 4.99 Å². The number of pyridine rings is 1. The van der Waals surface area contributed by atoms with Crippen LogP contribution in [0.15, 0.2) is 65.4 Å². The molecular weight excluding hydrogens is 310 g/mol. The monoisotopic (exact) mass is 335 g/mol.